The smallest absolute Gasteiger partial charge is 0.178 e. The molecule has 0 radical (unpaired) electrons. The third kappa shape index (κ3) is 4.89. The molecule has 1 aliphatic rings. The highest BCUT2D eigenvalue weighted by Crippen LogP contribution is 2.35. The molecule has 3 N–H and O–H groups in total. The van der Waals surface area contributed by atoms with Gasteiger partial charge in [-0.25, -0.2) is 8.42 Å². The molecular formula is C18H27NO5S. The molecule has 140 valence electrons. The van der Waals surface area contributed by atoms with Gasteiger partial charge in [0.25, 0.3) is 0 Å². The summed E-state index contributed by atoms with van der Waals surface area (Å²) in [6.45, 7) is 3.85. The van der Waals surface area contributed by atoms with Crippen LogP contribution in [0, 0.1) is 5.92 Å². The number of benzene rings is 1. The monoisotopic (exact) mass is 369 g/mol. The maximum Gasteiger partial charge on any atom is 0.178 e. The molecule has 0 saturated carbocycles. The molecule has 0 aliphatic carbocycles. The summed E-state index contributed by atoms with van der Waals surface area (Å²) in [5, 5.41) is 9.85. The van der Waals surface area contributed by atoms with E-state index in [2.05, 4.69) is 6.58 Å². The fraction of sp³-hybridized carbons (Fsp3) is 0.556. The Morgan fingerprint density at radius 2 is 2.04 bits per heavy atom. The highest BCUT2D eigenvalue weighted by Gasteiger charge is 2.46. The molecule has 7 heteroatoms. The molecule has 0 spiro atoms. The Labute approximate surface area is 149 Å². The van der Waals surface area contributed by atoms with E-state index in [1.165, 1.54) is 7.11 Å². The number of hydrogen-bond donors (Lipinski definition) is 2. The van der Waals surface area contributed by atoms with Crippen molar-refractivity contribution in [1.29, 1.82) is 0 Å². The predicted octanol–water partition coefficient (Wildman–Crippen LogP) is 1.14. The number of rotatable bonds is 9. The van der Waals surface area contributed by atoms with Crippen LogP contribution in [0.2, 0.25) is 0 Å². The van der Waals surface area contributed by atoms with Crippen LogP contribution in [-0.2, 0) is 19.3 Å². The fourth-order valence-corrected chi connectivity index (χ4v) is 5.02. The van der Waals surface area contributed by atoms with E-state index in [1.54, 1.807) is 36.4 Å². The van der Waals surface area contributed by atoms with Crippen molar-refractivity contribution in [2.45, 2.75) is 42.2 Å². The van der Waals surface area contributed by atoms with Gasteiger partial charge in [0.05, 0.1) is 35.1 Å². The van der Waals surface area contributed by atoms with Gasteiger partial charge in [0.1, 0.15) is 0 Å². The number of ether oxygens (including phenoxy) is 2. The number of aliphatic hydroxyl groups is 1. The van der Waals surface area contributed by atoms with Crippen LogP contribution in [-0.4, -0.2) is 57.3 Å². The molecule has 0 bridgehead atoms. The zero-order valence-electron chi connectivity index (χ0n) is 14.5. The molecular weight excluding hydrogens is 342 g/mol. The maximum atomic E-state index is 12.8. The van der Waals surface area contributed by atoms with E-state index in [9.17, 15) is 13.5 Å². The summed E-state index contributed by atoms with van der Waals surface area (Å²) in [6.07, 6.45) is 0.678. The van der Waals surface area contributed by atoms with Crippen LogP contribution in [0.4, 0.5) is 0 Å². The van der Waals surface area contributed by atoms with Crippen LogP contribution in [0.15, 0.2) is 47.9 Å². The van der Waals surface area contributed by atoms with E-state index < -0.39 is 28.1 Å². The Morgan fingerprint density at radius 1 is 1.36 bits per heavy atom. The highest BCUT2D eigenvalue weighted by molar-refractivity contribution is 7.91. The summed E-state index contributed by atoms with van der Waals surface area (Å²) < 4.78 is 37.1. The van der Waals surface area contributed by atoms with E-state index in [4.69, 9.17) is 15.2 Å². The van der Waals surface area contributed by atoms with E-state index >= 15 is 0 Å². The molecule has 2 rings (SSSR count). The molecule has 25 heavy (non-hydrogen) atoms. The second-order valence-corrected chi connectivity index (χ2v) is 8.36. The highest BCUT2D eigenvalue weighted by atomic mass is 32.2. The standard InChI is InChI=1S/C18H27NO5S/c1-3-7-16-15(12-25(21,22)14-8-5-4-6-9-14)18(23-2)17(24-16)10-13(20)11-19/h3-6,8-9,13,15-18,20H,1,7,10-12,19H2,2H3/t13-,15-,16?,17?,18+/m0/s1. The van der Waals surface area contributed by atoms with Crippen molar-refractivity contribution in [3.8, 4) is 0 Å². The first-order chi connectivity index (χ1) is 11.9. The summed E-state index contributed by atoms with van der Waals surface area (Å²) >= 11 is 0. The van der Waals surface area contributed by atoms with Crippen LogP contribution in [0.5, 0.6) is 0 Å². The third-order valence-electron chi connectivity index (χ3n) is 4.58. The molecule has 2 unspecified atom stereocenters. The van der Waals surface area contributed by atoms with Crippen molar-refractivity contribution in [3.63, 3.8) is 0 Å². The van der Waals surface area contributed by atoms with Gasteiger partial charge in [-0.1, -0.05) is 24.3 Å². The Hall–Kier alpha value is -1.25. The van der Waals surface area contributed by atoms with Crippen LogP contribution in [0.25, 0.3) is 0 Å². The molecule has 0 aromatic heterocycles. The van der Waals surface area contributed by atoms with Crippen molar-refractivity contribution < 1.29 is 23.0 Å². The molecule has 1 aliphatic heterocycles. The van der Waals surface area contributed by atoms with Gasteiger partial charge >= 0.3 is 0 Å². The molecule has 1 heterocycles. The maximum absolute atomic E-state index is 12.8. The van der Waals surface area contributed by atoms with Crippen LogP contribution in [0.1, 0.15) is 12.8 Å². The van der Waals surface area contributed by atoms with E-state index in [0.29, 0.717) is 12.8 Å². The zero-order valence-corrected chi connectivity index (χ0v) is 15.3. The van der Waals surface area contributed by atoms with Crippen molar-refractivity contribution in [1.82, 2.24) is 0 Å². The number of hydrogen-bond acceptors (Lipinski definition) is 6. The number of sulfone groups is 1. The second kappa shape index (κ2) is 8.91. The van der Waals surface area contributed by atoms with E-state index in [-0.39, 0.29) is 29.2 Å². The summed E-state index contributed by atoms with van der Waals surface area (Å²) in [5.41, 5.74) is 5.48. The average molecular weight is 369 g/mol. The second-order valence-electron chi connectivity index (χ2n) is 6.32. The molecule has 1 fully saturated rings. The minimum atomic E-state index is -3.48. The van der Waals surface area contributed by atoms with E-state index in [0.717, 1.165) is 0 Å². The first-order valence-corrected chi connectivity index (χ1v) is 10.0. The minimum absolute atomic E-state index is 0.0801. The van der Waals surface area contributed by atoms with Gasteiger partial charge in [0.2, 0.25) is 0 Å². The lowest BCUT2D eigenvalue weighted by molar-refractivity contribution is -0.0294. The summed E-state index contributed by atoms with van der Waals surface area (Å²) in [5.74, 6) is -0.424. The Morgan fingerprint density at radius 3 is 2.60 bits per heavy atom. The fourth-order valence-electron chi connectivity index (χ4n) is 3.34. The number of aliphatic hydroxyl groups excluding tert-OH is 1. The normalized spacial score (nSPS) is 28.0. The Bertz CT molecular complexity index is 649. The molecule has 5 atom stereocenters. The summed E-state index contributed by atoms with van der Waals surface area (Å²) in [7, 11) is -1.94. The van der Waals surface area contributed by atoms with Crippen LogP contribution >= 0.6 is 0 Å². The lowest BCUT2D eigenvalue weighted by Gasteiger charge is -2.23. The van der Waals surface area contributed by atoms with Gasteiger partial charge in [-0.05, 0) is 18.6 Å². The molecule has 1 saturated heterocycles. The predicted molar refractivity (Wildman–Crippen MR) is 95.9 cm³/mol. The first-order valence-electron chi connectivity index (χ1n) is 8.38. The Kier molecular flexibility index (Phi) is 7.15. The first kappa shape index (κ1) is 20.1. The van der Waals surface area contributed by atoms with Crippen molar-refractivity contribution in [2.24, 2.45) is 11.7 Å². The number of methoxy groups -OCH3 is 1. The average Bonchev–Trinajstić information content (AvgIpc) is 2.91. The van der Waals surface area contributed by atoms with Gasteiger partial charge < -0.3 is 20.3 Å². The quantitative estimate of drug-likeness (QED) is 0.634. The molecule has 1 aromatic carbocycles. The minimum Gasteiger partial charge on any atom is -0.392 e. The SMILES string of the molecule is C=CCC1OC(C[C@H](O)CN)[C@H](OC)[C@H]1CS(=O)(=O)c1ccccc1. The van der Waals surface area contributed by atoms with Crippen molar-refractivity contribution in [3.05, 3.63) is 43.0 Å². The largest absolute Gasteiger partial charge is 0.392 e. The number of nitrogens with two attached hydrogens (primary N) is 1. The molecule has 0 amide bonds. The van der Waals surface area contributed by atoms with Gasteiger partial charge in [-0.3, -0.25) is 0 Å². The topological polar surface area (TPSA) is 98.8 Å². The zero-order chi connectivity index (χ0) is 18.4. The van der Waals surface area contributed by atoms with Gasteiger partial charge in [0.15, 0.2) is 9.84 Å². The summed E-state index contributed by atoms with van der Waals surface area (Å²) in [4.78, 5) is 0.285. The van der Waals surface area contributed by atoms with Crippen LogP contribution < -0.4 is 5.73 Å². The third-order valence-corrected chi connectivity index (χ3v) is 6.39. The molecule has 1 aromatic rings. The van der Waals surface area contributed by atoms with E-state index in [1.807, 2.05) is 0 Å². The lowest BCUT2D eigenvalue weighted by atomic mass is 9.94. The van der Waals surface area contributed by atoms with Gasteiger partial charge in [-0.15, -0.1) is 6.58 Å². The van der Waals surface area contributed by atoms with Gasteiger partial charge in [-0.2, -0.15) is 0 Å². The van der Waals surface area contributed by atoms with Crippen LogP contribution in [0.3, 0.4) is 0 Å². The van der Waals surface area contributed by atoms with Crippen molar-refractivity contribution >= 4 is 9.84 Å². The summed E-state index contributed by atoms with van der Waals surface area (Å²) in [6, 6.07) is 8.36. The Balaban J connectivity index is 2.23. The van der Waals surface area contributed by atoms with Gasteiger partial charge in [0, 0.05) is 26.0 Å². The van der Waals surface area contributed by atoms with Crippen molar-refractivity contribution in [2.75, 3.05) is 19.4 Å². The molecule has 6 nitrogen and oxygen atoms in total. The lowest BCUT2D eigenvalue weighted by Crippen LogP contribution is -2.37.